The van der Waals surface area contributed by atoms with Crippen LogP contribution in [0.15, 0.2) is 36.5 Å². The summed E-state index contributed by atoms with van der Waals surface area (Å²) in [5.41, 5.74) is 3.63. The number of carbonyl (C=O) groups excluding carboxylic acids is 2. The van der Waals surface area contributed by atoms with E-state index in [0.29, 0.717) is 13.1 Å². The number of nitrogens with zero attached hydrogens (tertiary/aromatic N) is 4. The first-order chi connectivity index (χ1) is 14.5. The van der Waals surface area contributed by atoms with Crippen molar-refractivity contribution in [3.63, 3.8) is 0 Å². The van der Waals surface area contributed by atoms with Crippen molar-refractivity contribution in [2.75, 3.05) is 27.2 Å². The van der Waals surface area contributed by atoms with Crippen LogP contribution in [0.5, 0.6) is 0 Å². The quantitative estimate of drug-likeness (QED) is 0.844. The van der Waals surface area contributed by atoms with Gasteiger partial charge in [0.2, 0.25) is 5.91 Å². The van der Waals surface area contributed by atoms with Crippen LogP contribution in [0.4, 0.5) is 4.79 Å². The normalized spacial score (nSPS) is 19.3. The molecule has 160 valence electrons. The van der Waals surface area contributed by atoms with Crippen LogP contribution in [-0.2, 0) is 17.8 Å². The summed E-state index contributed by atoms with van der Waals surface area (Å²) in [5.74, 6) is 0.0848. The molecular weight excluding hydrogens is 378 g/mol. The second-order valence-corrected chi connectivity index (χ2v) is 8.58. The van der Waals surface area contributed by atoms with Crippen LogP contribution in [-0.4, -0.2) is 58.7 Å². The second-order valence-electron chi connectivity index (χ2n) is 8.58. The number of fused-ring (bicyclic) bond motifs is 1. The SMILES string of the molecule is CN(C)C(=O)N1CCC(C(=O)NC2CCCc3c2cnn3Cc2ccccc2)CC1. The number of likely N-dealkylation sites (tertiary alicyclic amines) is 1. The Labute approximate surface area is 178 Å². The Balaban J connectivity index is 1.37. The van der Waals surface area contributed by atoms with E-state index in [1.165, 1.54) is 11.3 Å². The van der Waals surface area contributed by atoms with Gasteiger partial charge < -0.3 is 15.1 Å². The van der Waals surface area contributed by atoms with Crippen molar-refractivity contribution >= 4 is 11.9 Å². The van der Waals surface area contributed by atoms with E-state index in [1.54, 1.807) is 19.0 Å². The molecule has 1 aliphatic heterocycles. The molecule has 1 aromatic heterocycles. The molecule has 30 heavy (non-hydrogen) atoms. The highest BCUT2D eigenvalue weighted by atomic mass is 16.2. The fourth-order valence-electron chi connectivity index (χ4n) is 4.57. The van der Waals surface area contributed by atoms with E-state index in [0.717, 1.165) is 44.2 Å². The van der Waals surface area contributed by atoms with Gasteiger partial charge in [0.25, 0.3) is 0 Å². The Morgan fingerprint density at radius 2 is 1.87 bits per heavy atom. The molecule has 1 fully saturated rings. The van der Waals surface area contributed by atoms with E-state index in [2.05, 4.69) is 27.2 Å². The lowest BCUT2D eigenvalue weighted by Gasteiger charge is -2.34. The summed E-state index contributed by atoms with van der Waals surface area (Å²) in [7, 11) is 3.53. The lowest BCUT2D eigenvalue weighted by molar-refractivity contribution is -0.127. The highest BCUT2D eigenvalue weighted by Gasteiger charge is 2.31. The van der Waals surface area contributed by atoms with Gasteiger partial charge in [0.05, 0.1) is 18.8 Å². The fourth-order valence-corrected chi connectivity index (χ4v) is 4.57. The number of hydrogen-bond acceptors (Lipinski definition) is 3. The predicted octanol–water partition coefficient (Wildman–Crippen LogP) is 2.82. The predicted molar refractivity (Wildman–Crippen MR) is 115 cm³/mol. The maximum atomic E-state index is 12.9. The van der Waals surface area contributed by atoms with E-state index in [4.69, 9.17) is 0 Å². The first kappa shape index (κ1) is 20.4. The Bertz CT molecular complexity index is 884. The highest BCUT2D eigenvalue weighted by Crippen LogP contribution is 2.31. The van der Waals surface area contributed by atoms with Crippen molar-refractivity contribution in [2.45, 2.75) is 44.7 Å². The maximum absolute atomic E-state index is 12.9. The molecule has 1 atom stereocenters. The van der Waals surface area contributed by atoms with Crippen molar-refractivity contribution in [1.82, 2.24) is 24.9 Å². The Kier molecular flexibility index (Phi) is 6.06. The number of piperidine rings is 1. The molecule has 7 heteroatoms. The van der Waals surface area contributed by atoms with E-state index in [9.17, 15) is 9.59 Å². The standard InChI is InChI=1S/C23H31N5O2/c1-26(2)23(30)27-13-11-18(12-14-27)22(29)25-20-9-6-10-21-19(20)15-24-28(21)16-17-7-4-3-5-8-17/h3-5,7-8,15,18,20H,6,9-14,16H2,1-2H3,(H,25,29). The van der Waals surface area contributed by atoms with E-state index >= 15 is 0 Å². The summed E-state index contributed by atoms with van der Waals surface area (Å²) in [6, 6.07) is 10.4. The van der Waals surface area contributed by atoms with Gasteiger partial charge >= 0.3 is 6.03 Å². The molecule has 1 N–H and O–H groups in total. The van der Waals surface area contributed by atoms with Gasteiger partial charge in [0, 0.05) is 44.4 Å². The lowest BCUT2D eigenvalue weighted by atomic mass is 9.91. The van der Waals surface area contributed by atoms with Crippen LogP contribution in [0.25, 0.3) is 0 Å². The van der Waals surface area contributed by atoms with Gasteiger partial charge in [-0.05, 0) is 37.7 Å². The smallest absolute Gasteiger partial charge is 0.319 e. The molecule has 2 heterocycles. The third kappa shape index (κ3) is 4.35. The summed E-state index contributed by atoms with van der Waals surface area (Å²) >= 11 is 0. The summed E-state index contributed by atoms with van der Waals surface area (Å²) in [5, 5.41) is 7.91. The maximum Gasteiger partial charge on any atom is 0.319 e. The van der Waals surface area contributed by atoms with Gasteiger partial charge in [-0.3, -0.25) is 9.48 Å². The molecule has 0 bridgehead atoms. The van der Waals surface area contributed by atoms with Crippen molar-refractivity contribution in [1.29, 1.82) is 0 Å². The van der Waals surface area contributed by atoms with Crippen LogP contribution < -0.4 is 5.32 Å². The van der Waals surface area contributed by atoms with Crippen LogP contribution >= 0.6 is 0 Å². The minimum absolute atomic E-state index is 0.0246. The van der Waals surface area contributed by atoms with E-state index < -0.39 is 0 Å². The van der Waals surface area contributed by atoms with Gasteiger partial charge in [-0.1, -0.05) is 30.3 Å². The van der Waals surface area contributed by atoms with Crippen LogP contribution in [0.1, 0.15) is 48.5 Å². The first-order valence-corrected chi connectivity index (χ1v) is 10.9. The molecule has 1 aliphatic carbocycles. The number of nitrogens with one attached hydrogen (secondary N) is 1. The van der Waals surface area contributed by atoms with Gasteiger partial charge in [-0.2, -0.15) is 5.10 Å². The number of benzene rings is 1. The second kappa shape index (κ2) is 8.90. The summed E-state index contributed by atoms with van der Waals surface area (Å²) in [4.78, 5) is 28.5. The molecule has 1 saturated heterocycles. The third-order valence-electron chi connectivity index (χ3n) is 6.27. The molecule has 1 aromatic carbocycles. The number of carbonyl (C=O) groups is 2. The molecule has 2 aromatic rings. The largest absolute Gasteiger partial charge is 0.349 e. The molecule has 0 radical (unpaired) electrons. The number of aromatic nitrogens is 2. The number of hydrogen-bond donors (Lipinski definition) is 1. The number of urea groups is 1. The molecule has 2 aliphatic rings. The van der Waals surface area contributed by atoms with Crippen LogP contribution in [0.2, 0.25) is 0 Å². The molecule has 1 unspecified atom stereocenters. The molecule has 3 amide bonds. The van der Waals surface area contributed by atoms with Crippen molar-refractivity contribution in [3.8, 4) is 0 Å². The zero-order valence-electron chi connectivity index (χ0n) is 17.9. The van der Waals surface area contributed by atoms with Gasteiger partial charge in [0.1, 0.15) is 0 Å². The molecule has 0 saturated carbocycles. The van der Waals surface area contributed by atoms with Gasteiger partial charge in [-0.15, -0.1) is 0 Å². The zero-order valence-corrected chi connectivity index (χ0v) is 17.9. The monoisotopic (exact) mass is 409 g/mol. The molecule has 0 spiro atoms. The fraction of sp³-hybridized carbons (Fsp3) is 0.522. The average Bonchev–Trinajstić information content (AvgIpc) is 3.18. The molecule has 4 rings (SSSR count). The third-order valence-corrected chi connectivity index (χ3v) is 6.27. The van der Waals surface area contributed by atoms with Gasteiger partial charge in [0.15, 0.2) is 0 Å². The lowest BCUT2D eigenvalue weighted by Crippen LogP contribution is -2.47. The zero-order chi connectivity index (χ0) is 21.1. The van der Waals surface area contributed by atoms with Gasteiger partial charge in [-0.25, -0.2) is 4.79 Å². The summed E-state index contributed by atoms with van der Waals surface area (Å²) < 4.78 is 2.08. The van der Waals surface area contributed by atoms with Crippen molar-refractivity contribution < 1.29 is 9.59 Å². The number of rotatable bonds is 4. The summed E-state index contributed by atoms with van der Waals surface area (Å²) in [6.07, 6.45) is 6.37. The first-order valence-electron chi connectivity index (χ1n) is 10.9. The summed E-state index contributed by atoms with van der Waals surface area (Å²) in [6.45, 7) is 2.04. The van der Waals surface area contributed by atoms with E-state index in [-0.39, 0.29) is 23.9 Å². The van der Waals surface area contributed by atoms with Crippen molar-refractivity contribution in [3.05, 3.63) is 53.3 Å². The topological polar surface area (TPSA) is 70.5 Å². The highest BCUT2D eigenvalue weighted by molar-refractivity contribution is 5.80. The minimum Gasteiger partial charge on any atom is -0.349 e. The van der Waals surface area contributed by atoms with E-state index in [1.807, 2.05) is 29.3 Å². The average molecular weight is 410 g/mol. The molecule has 7 nitrogen and oxygen atoms in total. The van der Waals surface area contributed by atoms with Crippen molar-refractivity contribution in [2.24, 2.45) is 5.92 Å². The Morgan fingerprint density at radius 3 is 2.57 bits per heavy atom. The van der Waals surface area contributed by atoms with Crippen LogP contribution in [0.3, 0.4) is 0 Å². The Hall–Kier alpha value is -2.83. The number of amides is 3. The van der Waals surface area contributed by atoms with Crippen LogP contribution in [0, 0.1) is 5.92 Å². The minimum atomic E-state index is -0.0269. The Morgan fingerprint density at radius 1 is 1.13 bits per heavy atom. The molecular formula is C23H31N5O2.